The minimum atomic E-state index is -0.593. The molecule has 28 heavy (non-hydrogen) atoms. The number of nitro groups is 1. The van der Waals surface area contributed by atoms with Gasteiger partial charge in [0.15, 0.2) is 5.78 Å². The molecule has 1 fully saturated rings. The lowest BCUT2D eigenvalue weighted by atomic mass is 9.81. The summed E-state index contributed by atoms with van der Waals surface area (Å²) in [5.41, 5.74) is 1.80. The van der Waals surface area contributed by atoms with Crippen molar-refractivity contribution in [1.29, 1.82) is 0 Å². The first-order chi connectivity index (χ1) is 13.3. The van der Waals surface area contributed by atoms with E-state index in [1.807, 2.05) is 30.9 Å². The van der Waals surface area contributed by atoms with Gasteiger partial charge in [0.1, 0.15) is 17.7 Å². The van der Waals surface area contributed by atoms with Crippen LogP contribution in [0, 0.1) is 24.0 Å². The maximum atomic E-state index is 12.7. The standard InChI is InChI=1S/C19H19ClN4O4/c1-11-3-4-13-14(25)9-19(28-16(13)12(11)2)5-7-23(8-6-19)18-15(24(26)27)17(20)21-10-22-18/h3-4,10H,5-9H2,1-2H3. The van der Waals surface area contributed by atoms with Crippen molar-refractivity contribution in [2.75, 3.05) is 18.0 Å². The van der Waals surface area contributed by atoms with Gasteiger partial charge in [0.2, 0.25) is 11.0 Å². The highest BCUT2D eigenvalue weighted by Gasteiger charge is 2.44. The van der Waals surface area contributed by atoms with E-state index in [-0.39, 0.29) is 22.4 Å². The highest BCUT2D eigenvalue weighted by molar-refractivity contribution is 6.31. The average Bonchev–Trinajstić information content (AvgIpc) is 2.65. The van der Waals surface area contributed by atoms with E-state index in [1.54, 1.807) is 0 Å². The minimum absolute atomic E-state index is 0.0776. The van der Waals surface area contributed by atoms with Crippen LogP contribution in [0.2, 0.25) is 5.15 Å². The van der Waals surface area contributed by atoms with Crippen molar-refractivity contribution < 1.29 is 14.5 Å². The van der Waals surface area contributed by atoms with Crippen molar-refractivity contribution >= 4 is 28.9 Å². The van der Waals surface area contributed by atoms with Gasteiger partial charge in [0.25, 0.3) is 0 Å². The lowest BCUT2D eigenvalue weighted by Crippen LogP contribution is -2.51. The van der Waals surface area contributed by atoms with Gasteiger partial charge >= 0.3 is 5.69 Å². The van der Waals surface area contributed by atoms with E-state index < -0.39 is 10.5 Å². The Balaban J connectivity index is 1.60. The number of aryl methyl sites for hydroxylation is 1. The summed E-state index contributed by atoms with van der Waals surface area (Å²) in [5.74, 6) is 0.948. The number of ether oxygens (including phenoxy) is 1. The number of benzene rings is 1. The number of hydrogen-bond acceptors (Lipinski definition) is 7. The number of piperidine rings is 1. The summed E-state index contributed by atoms with van der Waals surface area (Å²) in [7, 11) is 0. The topological polar surface area (TPSA) is 98.5 Å². The predicted octanol–water partition coefficient (Wildman–Crippen LogP) is 3.66. The summed E-state index contributed by atoms with van der Waals surface area (Å²) >= 11 is 5.90. The van der Waals surface area contributed by atoms with Crippen molar-refractivity contribution in [3.63, 3.8) is 0 Å². The summed E-state index contributed by atoms with van der Waals surface area (Å²) in [6, 6.07) is 3.77. The molecule has 9 heteroatoms. The Morgan fingerprint density at radius 3 is 2.64 bits per heavy atom. The van der Waals surface area contributed by atoms with E-state index in [2.05, 4.69) is 9.97 Å². The molecule has 3 heterocycles. The molecule has 0 unspecified atom stereocenters. The summed E-state index contributed by atoms with van der Waals surface area (Å²) in [6.07, 6.45) is 2.65. The Morgan fingerprint density at radius 2 is 1.96 bits per heavy atom. The van der Waals surface area contributed by atoms with Crippen LogP contribution in [-0.4, -0.2) is 39.4 Å². The number of anilines is 1. The number of aromatic nitrogens is 2. The van der Waals surface area contributed by atoms with Crippen LogP contribution in [0.4, 0.5) is 11.5 Å². The second-order valence-electron chi connectivity index (χ2n) is 7.35. The van der Waals surface area contributed by atoms with E-state index in [0.717, 1.165) is 11.1 Å². The molecule has 0 bridgehead atoms. The molecule has 1 aromatic heterocycles. The van der Waals surface area contributed by atoms with E-state index in [4.69, 9.17) is 16.3 Å². The Bertz CT molecular complexity index is 986. The maximum Gasteiger partial charge on any atom is 0.348 e. The van der Waals surface area contributed by atoms with Gasteiger partial charge in [-0.25, -0.2) is 9.97 Å². The fourth-order valence-electron chi connectivity index (χ4n) is 3.92. The summed E-state index contributed by atoms with van der Waals surface area (Å²) < 4.78 is 6.39. The third kappa shape index (κ3) is 2.97. The van der Waals surface area contributed by atoms with Crippen LogP contribution >= 0.6 is 11.6 Å². The first-order valence-corrected chi connectivity index (χ1v) is 9.41. The largest absolute Gasteiger partial charge is 0.486 e. The van der Waals surface area contributed by atoms with Crippen molar-refractivity contribution in [1.82, 2.24) is 9.97 Å². The third-order valence-electron chi connectivity index (χ3n) is 5.69. The van der Waals surface area contributed by atoms with Crippen molar-refractivity contribution in [2.24, 2.45) is 0 Å². The number of carbonyl (C=O) groups is 1. The molecule has 0 atom stereocenters. The van der Waals surface area contributed by atoms with Crippen LogP contribution in [0.25, 0.3) is 0 Å². The average molecular weight is 403 g/mol. The molecule has 2 aliphatic rings. The molecule has 0 radical (unpaired) electrons. The fraction of sp³-hybridized carbons (Fsp3) is 0.421. The molecule has 0 saturated carbocycles. The number of Topliss-reactive ketones (excluding diaryl/α,β-unsaturated/α-hetero) is 1. The second-order valence-corrected chi connectivity index (χ2v) is 7.71. The Kier molecular flexibility index (Phi) is 4.45. The second kappa shape index (κ2) is 6.70. The minimum Gasteiger partial charge on any atom is -0.486 e. The molecule has 0 N–H and O–H groups in total. The number of nitrogens with zero attached hydrogens (tertiary/aromatic N) is 4. The van der Waals surface area contributed by atoms with Gasteiger partial charge in [-0.15, -0.1) is 0 Å². The van der Waals surface area contributed by atoms with Gasteiger partial charge < -0.3 is 9.64 Å². The number of halogens is 1. The Hall–Kier alpha value is -2.74. The monoisotopic (exact) mass is 402 g/mol. The third-order valence-corrected chi connectivity index (χ3v) is 5.97. The zero-order valence-corrected chi connectivity index (χ0v) is 16.3. The van der Waals surface area contributed by atoms with Crippen LogP contribution in [0.1, 0.15) is 40.7 Å². The van der Waals surface area contributed by atoms with E-state index >= 15 is 0 Å². The lowest BCUT2D eigenvalue weighted by Gasteiger charge is -2.44. The molecule has 1 aromatic carbocycles. The molecular formula is C19H19ClN4O4. The fourth-order valence-corrected chi connectivity index (χ4v) is 4.12. The zero-order valence-electron chi connectivity index (χ0n) is 15.6. The Morgan fingerprint density at radius 1 is 1.25 bits per heavy atom. The first kappa shape index (κ1) is 18.6. The number of fused-ring (bicyclic) bond motifs is 1. The number of rotatable bonds is 2. The summed E-state index contributed by atoms with van der Waals surface area (Å²) in [6.45, 7) is 4.90. The molecule has 4 rings (SSSR count). The first-order valence-electron chi connectivity index (χ1n) is 9.03. The van der Waals surface area contributed by atoms with Gasteiger partial charge in [-0.05, 0) is 31.0 Å². The van der Waals surface area contributed by atoms with Gasteiger partial charge in [0.05, 0.1) is 16.9 Å². The molecule has 1 saturated heterocycles. The van der Waals surface area contributed by atoms with Crippen LogP contribution in [-0.2, 0) is 0 Å². The molecule has 8 nitrogen and oxygen atoms in total. The normalized spacial score (nSPS) is 18.0. The quantitative estimate of drug-likeness (QED) is 0.429. The molecular weight excluding hydrogens is 384 g/mol. The van der Waals surface area contributed by atoms with Crippen LogP contribution < -0.4 is 9.64 Å². The van der Waals surface area contributed by atoms with Gasteiger partial charge in [-0.1, -0.05) is 17.7 Å². The molecule has 2 aromatic rings. The molecule has 1 spiro atoms. The lowest BCUT2D eigenvalue weighted by molar-refractivity contribution is -0.384. The van der Waals surface area contributed by atoms with Crippen LogP contribution in [0.15, 0.2) is 18.5 Å². The zero-order chi connectivity index (χ0) is 20.1. The smallest absolute Gasteiger partial charge is 0.348 e. The van der Waals surface area contributed by atoms with Gasteiger partial charge in [-0.3, -0.25) is 14.9 Å². The van der Waals surface area contributed by atoms with E-state index in [9.17, 15) is 14.9 Å². The van der Waals surface area contributed by atoms with Crippen LogP contribution in [0.5, 0.6) is 5.75 Å². The molecule has 146 valence electrons. The molecule has 2 aliphatic heterocycles. The maximum absolute atomic E-state index is 12.7. The molecule has 0 amide bonds. The van der Waals surface area contributed by atoms with Crippen molar-refractivity contribution in [2.45, 2.75) is 38.7 Å². The predicted molar refractivity (Wildman–Crippen MR) is 103 cm³/mol. The van der Waals surface area contributed by atoms with Crippen LogP contribution in [0.3, 0.4) is 0 Å². The summed E-state index contributed by atoms with van der Waals surface area (Å²) in [5, 5.41) is 11.2. The van der Waals surface area contributed by atoms with Crippen molar-refractivity contribution in [3.8, 4) is 5.75 Å². The van der Waals surface area contributed by atoms with Gasteiger partial charge in [0, 0.05) is 25.9 Å². The number of hydrogen-bond donors (Lipinski definition) is 0. The van der Waals surface area contributed by atoms with Crippen molar-refractivity contribution in [3.05, 3.63) is 50.4 Å². The summed E-state index contributed by atoms with van der Waals surface area (Å²) in [4.78, 5) is 33.1. The van der Waals surface area contributed by atoms with E-state index in [0.29, 0.717) is 43.7 Å². The highest BCUT2D eigenvalue weighted by atomic mass is 35.5. The number of ketones is 1. The Labute approximate surface area is 166 Å². The van der Waals surface area contributed by atoms with E-state index in [1.165, 1.54) is 6.33 Å². The van der Waals surface area contributed by atoms with Gasteiger partial charge in [-0.2, -0.15) is 0 Å². The SMILES string of the molecule is Cc1ccc2c(c1C)OC1(CCN(c3ncnc(Cl)c3[N+](=O)[O-])CC1)CC2=O. The molecule has 0 aliphatic carbocycles. The highest BCUT2D eigenvalue weighted by Crippen LogP contribution is 2.43. The number of carbonyl (C=O) groups excluding carboxylic acids is 1.